The Balaban J connectivity index is 3.23. The van der Waals surface area contributed by atoms with Crippen LogP contribution in [0.5, 0.6) is 0 Å². The summed E-state index contributed by atoms with van der Waals surface area (Å²) < 4.78 is 1.57. The van der Waals surface area contributed by atoms with Crippen LogP contribution in [0.4, 0.5) is 0 Å². The summed E-state index contributed by atoms with van der Waals surface area (Å²) in [5.74, 6) is 0.738. The van der Waals surface area contributed by atoms with Gasteiger partial charge in [0, 0.05) is 6.54 Å². The van der Waals surface area contributed by atoms with Gasteiger partial charge in [-0.05, 0) is 13.8 Å². The van der Waals surface area contributed by atoms with E-state index in [1.807, 2.05) is 6.92 Å². The van der Waals surface area contributed by atoms with Gasteiger partial charge in [0.15, 0.2) is 0 Å². The number of hydrogen-bond acceptors (Lipinski definition) is 2. The van der Waals surface area contributed by atoms with Crippen molar-refractivity contribution in [1.29, 1.82) is 0 Å². The van der Waals surface area contributed by atoms with E-state index in [-0.39, 0.29) is 5.69 Å². The van der Waals surface area contributed by atoms with Crippen LogP contribution >= 0.6 is 0 Å². The van der Waals surface area contributed by atoms with E-state index in [1.54, 1.807) is 11.5 Å². The molecule has 1 aromatic rings. The fraction of sp³-hybridized carbons (Fsp3) is 0.600. The normalized spacial score (nSPS) is 10.0. The van der Waals surface area contributed by atoms with Crippen LogP contribution in [0.15, 0.2) is 4.79 Å². The first-order valence-corrected chi connectivity index (χ1v) is 2.87. The van der Waals surface area contributed by atoms with Crippen molar-refractivity contribution in [3.8, 4) is 0 Å². The van der Waals surface area contributed by atoms with E-state index in [0.717, 1.165) is 5.82 Å². The van der Waals surface area contributed by atoms with Crippen LogP contribution in [0, 0.1) is 6.92 Å². The highest BCUT2D eigenvalue weighted by molar-refractivity contribution is 4.79. The second kappa shape index (κ2) is 2.05. The standard InChI is InChI=1S/C5H9N3O/c1-3-8-4(2)6-7-5(8)9/h3H2,1-2H3,(H,7,9). The van der Waals surface area contributed by atoms with Crippen LogP contribution in [0.1, 0.15) is 12.7 Å². The van der Waals surface area contributed by atoms with Gasteiger partial charge in [-0.1, -0.05) is 0 Å². The third-order valence-electron chi connectivity index (χ3n) is 1.27. The van der Waals surface area contributed by atoms with Crippen molar-refractivity contribution in [2.45, 2.75) is 20.4 Å². The molecule has 0 aliphatic rings. The second-order valence-electron chi connectivity index (χ2n) is 1.82. The molecule has 1 rings (SSSR count). The Morgan fingerprint density at radius 1 is 1.78 bits per heavy atom. The van der Waals surface area contributed by atoms with Crippen LogP contribution in [0.2, 0.25) is 0 Å². The van der Waals surface area contributed by atoms with Crippen molar-refractivity contribution in [3.63, 3.8) is 0 Å². The van der Waals surface area contributed by atoms with Crippen molar-refractivity contribution in [2.75, 3.05) is 0 Å². The van der Waals surface area contributed by atoms with Gasteiger partial charge in [-0.3, -0.25) is 4.57 Å². The average molecular weight is 127 g/mol. The lowest BCUT2D eigenvalue weighted by molar-refractivity contribution is 0.704. The number of aromatic nitrogens is 3. The molecular formula is C5H9N3O. The SMILES string of the molecule is CCn1c(C)n[nH]c1=O. The number of H-pyrrole nitrogens is 1. The topological polar surface area (TPSA) is 50.7 Å². The van der Waals surface area contributed by atoms with Gasteiger partial charge in [-0.25, -0.2) is 9.89 Å². The Bertz CT molecular complexity index is 247. The van der Waals surface area contributed by atoms with E-state index < -0.39 is 0 Å². The van der Waals surface area contributed by atoms with E-state index >= 15 is 0 Å². The van der Waals surface area contributed by atoms with Gasteiger partial charge < -0.3 is 0 Å². The molecule has 4 heteroatoms. The number of aryl methyl sites for hydroxylation is 1. The van der Waals surface area contributed by atoms with Gasteiger partial charge in [0.25, 0.3) is 0 Å². The summed E-state index contributed by atoms with van der Waals surface area (Å²) in [6.45, 7) is 4.38. The minimum absolute atomic E-state index is 0.130. The molecule has 0 spiro atoms. The number of nitrogens with zero attached hydrogens (tertiary/aromatic N) is 2. The van der Waals surface area contributed by atoms with Gasteiger partial charge in [0.05, 0.1) is 0 Å². The smallest absolute Gasteiger partial charge is 0.280 e. The first-order valence-electron chi connectivity index (χ1n) is 2.87. The largest absolute Gasteiger partial charge is 0.343 e. The zero-order valence-corrected chi connectivity index (χ0v) is 5.51. The minimum Gasteiger partial charge on any atom is -0.280 e. The monoisotopic (exact) mass is 127 g/mol. The molecule has 0 aliphatic heterocycles. The predicted molar refractivity (Wildman–Crippen MR) is 33.3 cm³/mol. The van der Waals surface area contributed by atoms with E-state index in [2.05, 4.69) is 10.2 Å². The summed E-state index contributed by atoms with van der Waals surface area (Å²) in [5, 5.41) is 6.06. The quantitative estimate of drug-likeness (QED) is 0.572. The van der Waals surface area contributed by atoms with Crippen LogP contribution in [-0.2, 0) is 6.54 Å². The van der Waals surface area contributed by atoms with E-state index in [4.69, 9.17) is 0 Å². The van der Waals surface area contributed by atoms with Gasteiger partial charge in [-0.2, -0.15) is 5.10 Å². The van der Waals surface area contributed by atoms with Gasteiger partial charge >= 0.3 is 5.69 Å². The highest BCUT2D eigenvalue weighted by Gasteiger charge is 1.97. The number of hydrogen-bond donors (Lipinski definition) is 1. The molecule has 0 fully saturated rings. The van der Waals surface area contributed by atoms with Crippen LogP contribution in [0.25, 0.3) is 0 Å². The van der Waals surface area contributed by atoms with E-state index in [1.165, 1.54) is 0 Å². The molecule has 1 aromatic heterocycles. The Morgan fingerprint density at radius 2 is 2.44 bits per heavy atom. The zero-order chi connectivity index (χ0) is 6.85. The number of aromatic amines is 1. The number of nitrogens with one attached hydrogen (secondary N) is 1. The van der Waals surface area contributed by atoms with Crippen molar-refractivity contribution in [3.05, 3.63) is 16.3 Å². The Kier molecular flexibility index (Phi) is 1.38. The maximum absolute atomic E-state index is 10.7. The predicted octanol–water partition coefficient (Wildman–Crippen LogP) is -0.100. The fourth-order valence-electron chi connectivity index (χ4n) is 0.769. The van der Waals surface area contributed by atoms with Crippen molar-refractivity contribution >= 4 is 0 Å². The summed E-state index contributed by atoms with van der Waals surface area (Å²) in [5.41, 5.74) is -0.130. The third-order valence-corrected chi connectivity index (χ3v) is 1.27. The average Bonchev–Trinajstić information content (AvgIpc) is 2.12. The molecule has 0 unspecified atom stereocenters. The Hall–Kier alpha value is -1.06. The highest BCUT2D eigenvalue weighted by Crippen LogP contribution is 1.83. The molecule has 9 heavy (non-hydrogen) atoms. The van der Waals surface area contributed by atoms with Gasteiger partial charge in [-0.15, -0.1) is 0 Å². The molecule has 50 valence electrons. The van der Waals surface area contributed by atoms with E-state index in [9.17, 15) is 4.79 Å². The second-order valence-corrected chi connectivity index (χ2v) is 1.82. The third kappa shape index (κ3) is 0.872. The molecule has 1 heterocycles. The summed E-state index contributed by atoms with van der Waals surface area (Å²) in [4.78, 5) is 10.7. The van der Waals surface area contributed by atoms with E-state index in [0.29, 0.717) is 6.54 Å². The van der Waals surface area contributed by atoms with Crippen LogP contribution in [-0.4, -0.2) is 14.8 Å². The molecule has 0 amide bonds. The summed E-state index contributed by atoms with van der Waals surface area (Å²) in [7, 11) is 0. The molecule has 0 atom stereocenters. The minimum atomic E-state index is -0.130. The Labute approximate surface area is 52.5 Å². The molecule has 0 bridgehead atoms. The molecule has 0 aliphatic carbocycles. The first kappa shape index (κ1) is 6.07. The lowest BCUT2D eigenvalue weighted by atomic mass is 10.6. The molecule has 0 radical (unpaired) electrons. The van der Waals surface area contributed by atoms with Crippen LogP contribution in [0.3, 0.4) is 0 Å². The molecule has 0 saturated carbocycles. The summed E-state index contributed by atoms with van der Waals surface area (Å²) in [6, 6.07) is 0. The maximum Gasteiger partial charge on any atom is 0.343 e. The van der Waals surface area contributed by atoms with Crippen LogP contribution < -0.4 is 5.69 Å². The van der Waals surface area contributed by atoms with Crippen molar-refractivity contribution in [2.24, 2.45) is 0 Å². The Morgan fingerprint density at radius 3 is 2.67 bits per heavy atom. The lowest BCUT2D eigenvalue weighted by Crippen LogP contribution is -2.16. The summed E-state index contributed by atoms with van der Waals surface area (Å²) >= 11 is 0. The highest BCUT2D eigenvalue weighted by atomic mass is 16.1. The first-order chi connectivity index (χ1) is 4.25. The number of rotatable bonds is 1. The zero-order valence-electron chi connectivity index (χ0n) is 5.51. The maximum atomic E-state index is 10.7. The fourth-order valence-corrected chi connectivity index (χ4v) is 0.769. The van der Waals surface area contributed by atoms with Crippen molar-refractivity contribution < 1.29 is 0 Å². The van der Waals surface area contributed by atoms with Gasteiger partial charge in [0.2, 0.25) is 0 Å². The molecular weight excluding hydrogens is 118 g/mol. The molecule has 0 aromatic carbocycles. The lowest BCUT2D eigenvalue weighted by Gasteiger charge is -1.92. The molecule has 4 nitrogen and oxygen atoms in total. The summed E-state index contributed by atoms with van der Waals surface area (Å²) in [6.07, 6.45) is 0. The van der Waals surface area contributed by atoms with Crippen molar-refractivity contribution in [1.82, 2.24) is 14.8 Å². The van der Waals surface area contributed by atoms with Gasteiger partial charge in [0.1, 0.15) is 5.82 Å². The molecule has 0 saturated heterocycles. The molecule has 1 N–H and O–H groups in total.